The van der Waals surface area contributed by atoms with E-state index in [9.17, 15) is 4.79 Å². The van der Waals surface area contributed by atoms with Crippen LogP contribution < -0.4 is 5.69 Å². The zero-order valence-corrected chi connectivity index (χ0v) is 11.2. The molecule has 0 fully saturated rings. The SMILES string of the molecule is O=c1n2c3ccccc3n1CCc1ccc(cc1)CC2. The number of benzene rings is 2. The van der Waals surface area contributed by atoms with Crippen molar-refractivity contribution in [2.75, 3.05) is 0 Å². The van der Waals surface area contributed by atoms with Crippen molar-refractivity contribution >= 4 is 11.0 Å². The monoisotopic (exact) mass is 264 g/mol. The zero-order valence-electron chi connectivity index (χ0n) is 11.2. The molecule has 0 saturated heterocycles. The highest BCUT2D eigenvalue weighted by atomic mass is 16.1. The molecule has 5 rings (SSSR count). The lowest BCUT2D eigenvalue weighted by Gasteiger charge is -2.06. The van der Waals surface area contributed by atoms with Gasteiger partial charge in [-0.2, -0.15) is 0 Å². The average molecular weight is 264 g/mol. The normalized spacial score (nSPS) is 14.4. The van der Waals surface area contributed by atoms with E-state index in [0.717, 1.165) is 37.0 Å². The van der Waals surface area contributed by atoms with Gasteiger partial charge in [0.25, 0.3) is 0 Å². The summed E-state index contributed by atoms with van der Waals surface area (Å²) in [6, 6.07) is 16.8. The number of imidazole rings is 1. The Morgan fingerprint density at radius 3 is 1.60 bits per heavy atom. The molecule has 0 aliphatic carbocycles. The summed E-state index contributed by atoms with van der Waals surface area (Å²) in [5, 5.41) is 0. The Labute approximate surface area is 117 Å². The molecular formula is C17H16N2O. The Morgan fingerprint density at radius 2 is 1.15 bits per heavy atom. The standard InChI is InChI=1S/C17H16N2O/c20-17-18-11-9-13-5-7-14(8-6-13)10-12-19(17)16-4-2-1-3-15(16)18/h1-8H,9-12H2. The molecular weight excluding hydrogens is 248 g/mol. The van der Waals surface area contributed by atoms with Crippen LogP contribution in [0.4, 0.5) is 0 Å². The van der Waals surface area contributed by atoms with Crippen molar-refractivity contribution in [2.24, 2.45) is 0 Å². The van der Waals surface area contributed by atoms with Gasteiger partial charge in [-0.25, -0.2) is 4.79 Å². The largest absolute Gasteiger partial charge is 0.329 e. The predicted molar refractivity (Wildman–Crippen MR) is 80.0 cm³/mol. The smallest absolute Gasteiger partial charge is 0.292 e. The van der Waals surface area contributed by atoms with Gasteiger partial charge in [-0.1, -0.05) is 36.4 Å². The Kier molecular flexibility index (Phi) is 2.52. The topological polar surface area (TPSA) is 26.9 Å². The minimum atomic E-state index is 0.119. The minimum Gasteiger partial charge on any atom is -0.292 e. The van der Waals surface area contributed by atoms with Crippen molar-refractivity contribution in [1.82, 2.24) is 9.13 Å². The average Bonchev–Trinajstić information content (AvgIpc) is 2.72. The van der Waals surface area contributed by atoms with Gasteiger partial charge in [0.15, 0.2) is 0 Å². The van der Waals surface area contributed by atoms with E-state index in [1.165, 1.54) is 11.1 Å². The van der Waals surface area contributed by atoms with Crippen molar-refractivity contribution in [3.8, 4) is 0 Å². The van der Waals surface area contributed by atoms with Gasteiger partial charge in [-0.3, -0.25) is 9.13 Å². The maximum atomic E-state index is 12.6. The summed E-state index contributed by atoms with van der Waals surface area (Å²) in [4.78, 5) is 12.6. The molecule has 0 spiro atoms. The van der Waals surface area contributed by atoms with E-state index in [4.69, 9.17) is 0 Å². The number of hydrogen-bond donors (Lipinski definition) is 0. The van der Waals surface area contributed by atoms with Crippen LogP contribution in [0.1, 0.15) is 11.1 Å². The van der Waals surface area contributed by atoms with Crippen LogP contribution in [0.5, 0.6) is 0 Å². The highest BCUT2D eigenvalue weighted by Gasteiger charge is 2.13. The highest BCUT2D eigenvalue weighted by molar-refractivity contribution is 5.76. The van der Waals surface area contributed by atoms with Crippen molar-refractivity contribution in [1.29, 1.82) is 0 Å². The fourth-order valence-corrected chi connectivity index (χ4v) is 3.06. The summed E-state index contributed by atoms with van der Waals surface area (Å²) in [6.45, 7) is 1.48. The lowest BCUT2D eigenvalue weighted by atomic mass is 10.1. The van der Waals surface area contributed by atoms with Gasteiger partial charge in [-0.05, 0) is 36.1 Å². The molecule has 0 saturated carbocycles. The third-order valence-electron chi connectivity index (χ3n) is 4.20. The molecule has 2 aliphatic heterocycles. The predicted octanol–water partition coefficient (Wildman–Crippen LogP) is 2.60. The van der Waals surface area contributed by atoms with Crippen LogP contribution in [0.3, 0.4) is 0 Å². The van der Waals surface area contributed by atoms with E-state index in [-0.39, 0.29) is 5.69 Å². The van der Waals surface area contributed by atoms with Gasteiger partial charge in [0.05, 0.1) is 11.0 Å². The van der Waals surface area contributed by atoms with Crippen LogP contribution in [0.2, 0.25) is 0 Å². The van der Waals surface area contributed by atoms with Gasteiger partial charge in [0.2, 0.25) is 0 Å². The van der Waals surface area contributed by atoms with E-state index in [2.05, 4.69) is 24.3 Å². The summed E-state index contributed by atoms with van der Waals surface area (Å²) in [5.41, 5.74) is 4.80. The Hall–Kier alpha value is -2.29. The zero-order chi connectivity index (χ0) is 13.5. The molecule has 0 N–H and O–H groups in total. The molecule has 2 aromatic carbocycles. The molecule has 2 aliphatic rings. The van der Waals surface area contributed by atoms with E-state index < -0.39 is 0 Å². The molecule has 4 bridgehead atoms. The highest BCUT2D eigenvalue weighted by Crippen LogP contribution is 2.16. The quantitative estimate of drug-likeness (QED) is 0.613. The Morgan fingerprint density at radius 1 is 0.700 bits per heavy atom. The molecule has 0 amide bonds. The fourth-order valence-electron chi connectivity index (χ4n) is 3.06. The molecule has 100 valence electrons. The first kappa shape index (κ1) is 11.5. The van der Waals surface area contributed by atoms with Crippen LogP contribution in [0.15, 0.2) is 53.3 Å². The molecule has 3 nitrogen and oxygen atoms in total. The van der Waals surface area contributed by atoms with Gasteiger partial charge in [0.1, 0.15) is 0 Å². The molecule has 3 aromatic rings. The maximum Gasteiger partial charge on any atom is 0.329 e. The van der Waals surface area contributed by atoms with E-state index in [1.54, 1.807) is 0 Å². The number of para-hydroxylation sites is 2. The summed E-state index contributed by atoms with van der Waals surface area (Å²) in [6.07, 6.45) is 1.79. The number of aromatic nitrogens is 2. The summed E-state index contributed by atoms with van der Waals surface area (Å²) < 4.78 is 3.82. The molecule has 3 heteroatoms. The first-order chi connectivity index (χ1) is 9.83. The van der Waals surface area contributed by atoms with Crippen molar-refractivity contribution in [3.05, 3.63) is 70.1 Å². The third-order valence-corrected chi connectivity index (χ3v) is 4.20. The Balaban J connectivity index is 1.95. The molecule has 0 radical (unpaired) electrons. The Bertz CT molecular complexity index is 757. The van der Waals surface area contributed by atoms with Crippen molar-refractivity contribution in [2.45, 2.75) is 25.9 Å². The van der Waals surface area contributed by atoms with Crippen LogP contribution in [0, 0.1) is 0 Å². The molecule has 3 heterocycles. The number of nitrogens with zero attached hydrogens (tertiary/aromatic N) is 2. The van der Waals surface area contributed by atoms with E-state index in [1.807, 2.05) is 33.4 Å². The maximum absolute atomic E-state index is 12.6. The fraction of sp³-hybridized carbons (Fsp3) is 0.235. The van der Waals surface area contributed by atoms with Gasteiger partial charge < -0.3 is 0 Å². The first-order valence-corrected chi connectivity index (χ1v) is 7.09. The molecule has 0 atom stereocenters. The summed E-state index contributed by atoms with van der Waals surface area (Å²) in [5.74, 6) is 0. The van der Waals surface area contributed by atoms with Gasteiger partial charge in [0, 0.05) is 13.1 Å². The van der Waals surface area contributed by atoms with Crippen LogP contribution in [0.25, 0.3) is 11.0 Å². The first-order valence-electron chi connectivity index (χ1n) is 7.09. The van der Waals surface area contributed by atoms with E-state index in [0.29, 0.717) is 0 Å². The van der Waals surface area contributed by atoms with Crippen LogP contribution in [-0.4, -0.2) is 9.13 Å². The van der Waals surface area contributed by atoms with Gasteiger partial charge >= 0.3 is 5.69 Å². The third kappa shape index (κ3) is 1.70. The molecule has 1 aromatic heterocycles. The lowest BCUT2D eigenvalue weighted by molar-refractivity contribution is 0.625. The lowest BCUT2D eigenvalue weighted by Crippen LogP contribution is -2.25. The number of rotatable bonds is 0. The second-order valence-electron chi connectivity index (χ2n) is 5.39. The second kappa shape index (κ2) is 4.37. The summed E-state index contributed by atoms with van der Waals surface area (Å²) >= 11 is 0. The second-order valence-corrected chi connectivity index (χ2v) is 5.39. The van der Waals surface area contributed by atoms with Crippen molar-refractivity contribution < 1.29 is 0 Å². The number of fused-ring (bicyclic) bond motifs is 5. The van der Waals surface area contributed by atoms with Gasteiger partial charge in [-0.15, -0.1) is 0 Å². The molecule has 0 unspecified atom stereocenters. The van der Waals surface area contributed by atoms with Crippen molar-refractivity contribution in [3.63, 3.8) is 0 Å². The van der Waals surface area contributed by atoms with E-state index >= 15 is 0 Å². The summed E-state index contributed by atoms with van der Waals surface area (Å²) in [7, 11) is 0. The number of aryl methyl sites for hydroxylation is 4. The number of hydrogen-bond acceptors (Lipinski definition) is 1. The van der Waals surface area contributed by atoms with Crippen LogP contribution >= 0.6 is 0 Å². The minimum absolute atomic E-state index is 0.119. The van der Waals surface area contributed by atoms with Crippen LogP contribution in [-0.2, 0) is 25.9 Å². The molecule has 20 heavy (non-hydrogen) atoms.